The Kier molecular flexibility index (Phi) is 2.41. The highest BCUT2D eigenvalue weighted by atomic mass is 35.5. The zero-order chi connectivity index (χ0) is 11.8. The van der Waals surface area contributed by atoms with Crippen LogP contribution in [0.2, 0.25) is 5.02 Å². The van der Waals surface area contributed by atoms with Gasteiger partial charge in [0.25, 0.3) is 0 Å². The predicted molar refractivity (Wildman–Crippen MR) is 72.6 cm³/mol. The number of rotatable bonds is 1. The fourth-order valence-electron chi connectivity index (χ4n) is 2.02. The van der Waals surface area contributed by atoms with Crippen LogP contribution >= 0.6 is 11.6 Å². The normalized spacial score (nSPS) is 10.9. The van der Waals surface area contributed by atoms with Gasteiger partial charge in [-0.05, 0) is 48.4 Å². The van der Waals surface area contributed by atoms with E-state index in [-0.39, 0.29) is 0 Å². The van der Waals surface area contributed by atoms with Crippen LogP contribution < -0.4 is 0 Å². The van der Waals surface area contributed by atoms with E-state index in [0.29, 0.717) is 0 Å². The third-order valence-electron chi connectivity index (χ3n) is 2.93. The summed E-state index contributed by atoms with van der Waals surface area (Å²) in [6.45, 7) is 2.11. The van der Waals surface area contributed by atoms with E-state index in [1.807, 2.05) is 24.3 Å². The van der Waals surface area contributed by atoms with Crippen molar-refractivity contribution < 1.29 is 0 Å². The number of hydrogen-bond acceptors (Lipinski definition) is 0. The van der Waals surface area contributed by atoms with Crippen molar-refractivity contribution in [2.75, 3.05) is 0 Å². The predicted octanol–water partition coefficient (Wildman–Crippen LogP) is 4.57. The number of aryl methyl sites for hydroxylation is 1. The lowest BCUT2D eigenvalue weighted by Crippen LogP contribution is -1.80. The van der Waals surface area contributed by atoms with Crippen molar-refractivity contribution in [1.29, 1.82) is 0 Å². The summed E-state index contributed by atoms with van der Waals surface area (Å²) in [5, 5.41) is 0.772. The minimum Gasteiger partial charge on any atom is -0.323 e. The van der Waals surface area contributed by atoms with Crippen LogP contribution in [0.3, 0.4) is 0 Å². The Morgan fingerprint density at radius 2 is 1.71 bits per heavy atom. The highest BCUT2D eigenvalue weighted by Crippen LogP contribution is 2.24. The number of halogens is 1. The van der Waals surface area contributed by atoms with Crippen LogP contribution in [0.5, 0.6) is 0 Å². The maximum Gasteiger partial charge on any atom is 0.0458 e. The van der Waals surface area contributed by atoms with Gasteiger partial charge in [0.15, 0.2) is 0 Å². The second kappa shape index (κ2) is 3.94. The summed E-state index contributed by atoms with van der Waals surface area (Å²) >= 11 is 5.89. The van der Waals surface area contributed by atoms with Gasteiger partial charge in [0.1, 0.15) is 0 Å². The zero-order valence-corrected chi connectivity index (χ0v) is 10.3. The second-order valence-electron chi connectivity index (χ2n) is 4.27. The van der Waals surface area contributed by atoms with E-state index in [1.165, 1.54) is 22.2 Å². The molecule has 0 aliphatic rings. The van der Waals surface area contributed by atoms with Gasteiger partial charge in [-0.25, -0.2) is 0 Å². The molecule has 2 heteroatoms. The smallest absolute Gasteiger partial charge is 0.0458 e. The van der Waals surface area contributed by atoms with E-state index in [1.54, 1.807) is 0 Å². The first kappa shape index (κ1) is 10.4. The monoisotopic (exact) mass is 241 g/mol. The number of fused-ring (bicyclic) bond motifs is 1. The van der Waals surface area contributed by atoms with Crippen LogP contribution in [-0.2, 0) is 0 Å². The molecule has 0 bridgehead atoms. The molecule has 0 aliphatic carbocycles. The summed E-state index contributed by atoms with van der Waals surface area (Å²) in [7, 11) is 0. The van der Waals surface area contributed by atoms with Gasteiger partial charge in [0.2, 0.25) is 0 Å². The number of pyridine rings is 1. The number of hydrogen-bond donors (Lipinski definition) is 0. The lowest BCUT2D eigenvalue weighted by molar-refractivity contribution is 1.18. The Bertz CT molecular complexity index is 665. The van der Waals surface area contributed by atoms with Crippen LogP contribution in [-0.4, -0.2) is 4.40 Å². The third-order valence-corrected chi connectivity index (χ3v) is 3.18. The minimum absolute atomic E-state index is 0.772. The molecule has 0 aliphatic heterocycles. The van der Waals surface area contributed by atoms with Gasteiger partial charge in [-0.15, -0.1) is 0 Å². The van der Waals surface area contributed by atoms with Crippen molar-refractivity contribution in [1.82, 2.24) is 4.40 Å². The molecule has 0 spiro atoms. The standard InChI is InChI=1S/C15H12ClN/c1-11-6-7-17-10-13(9-15(17)8-11)12-2-4-14(16)5-3-12/h2-10H,1H3. The molecule has 0 amide bonds. The highest BCUT2D eigenvalue weighted by molar-refractivity contribution is 6.30. The van der Waals surface area contributed by atoms with Crippen molar-refractivity contribution in [2.45, 2.75) is 6.92 Å². The van der Waals surface area contributed by atoms with E-state index >= 15 is 0 Å². The lowest BCUT2D eigenvalue weighted by atomic mass is 10.1. The number of aromatic nitrogens is 1. The summed E-state index contributed by atoms with van der Waals surface area (Å²) in [5.41, 5.74) is 4.90. The molecule has 0 fully saturated rings. The Hall–Kier alpha value is -1.73. The van der Waals surface area contributed by atoms with Gasteiger partial charge in [-0.1, -0.05) is 23.7 Å². The third kappa shape index (κ3) is 1.94. The second-order valence-corrected chi connectivity index (χ2v) is 4.71. The van der Waals surface area contributed by atoms with Crippen LogP contribution in [0.15, 0.2) is 54.9 Å². The highest BCUT2D eigenvalue weighted by Gasteiger charge is 2.02. The fourth-order valence-corrected chi connectivity index (χ4v) is 2.15. The molecule has 0 saturated carbocycles. The van der Waals surface area contributed by atoms with Gasteiger partial charge in [-0.2, -0.15) is 0 Å². The van der Waals surface area contributed by atoms with E-state index in [9.17, 15) is 0 Å². The molecule has 1 nitrogen and oxygen atoms in total. The number of benzene rings is 1. The minimum atomic E-state index is 0.772. The molecule has 0 atom stereocenters. The first-order chi connectivity index (χ1) is 8.22. The molecule has 0 N–H and O–H groups in total. The Morgan fingerprint density at radius 1 is 0.941 bits per heavy atom. The van der Waals surface area contributed by atoms with Crippen LogP contribution in [0.4, 0.5) is 0 Å². The van der Waals surface area contributed by atoms with E-state index in [4.69, 9.17) is 11.6 Å². The van der Waals surface area contributed by atoms with Crippen molar-refractivity contribution in [3.05, 3.63) is 65.4 Å². The quantitative estimate of drug-likeness (QED) is 0.588. The average molecular weight is 242 g/mol. The molecule has 2 aromatic heterocycles. The van der Waals surface area contributed by atoms with Gasteiger partial charge >= 0.3 is 0 Å². The van der Waals surface area contributed by atoms with Gasteiger partial charge < -0.3 is 4.40 Å². The van der Waals surface area contributed by atoms with Gasteiger partial charge in [-0.3, -0.25) is 0 Å². The molecule has 17 heavy (non-hydrogen) atoms. The van der Waals surface area contributed by atoms with Gasteiger partial charge in [0, 0.05) is 28.5 Å². The summed E-state index contributed by atoms with van der Waals surface area (Å²) in [4.78, 5) is 0. The van der Waals surface area contributed by atoms with E-state index in [2.05, 4.69) is 41.9 Å². The molecule has 3 aromatic rings. The molecule has 0 unspecified atom stereocenters. The van der Waals surface area contributed by atoms with Crippen molar-refractivity contribution in [3.8, 4) is 11.1 Å². The average Bonchev–Trinajstić information content (AvgIpc) is 2.72. The topological polar surface area (TPSA) is 4.41 Å². The molecular formula is C15H12ClN. The largest absolute Gasteiger partial charge is 0.323 e. The Morgan fingerprint density at radius 3 is 2.47 bits per heavy atom. The van der Waals surface area contributed by atoms with Crippen LogP contribution in [0, 0.1) is 6.92 Å². The molecule has 84 valence electrons. The van der Waals surface area contributed by atoms with Crippen molar-refractivity contribution in [3.63, 3.8) is 0 Å². The Labute approximate surface area is 105 Å². The number of nitrogens with zero attached hydrogens (tertiary/aromatic N) is 1. The molecule has 1 aromatic carbocycles. The summed E-state index contributed by atoms with van der Waals surface area (Å²) < 4.78 is 2.14. The maximum absolute atomic E-state index is 5.89. The molecular weight excluding hydrogens is 230 g/mol. The van der Waals surface area contributed by atoms with E-state index < -0.39 is 0 Å². The molecule has 0 saturated heterocycles. The van der Waals surface area contributed by atoms with Gasteiger partial charge in [0.05, 0.1) is 0 Å². The molecule has 3 rings (SSSR count). The van der Waals surface area contributed by atoms with Crippen molar-refractivity contribution in [2.24, 2.45) is 0 Å². The summed E-state index contributed by atoms with van der Waals surface area (Å²) in [6, 6.07) is 14.4. The fraction of sp³-hybridized carbons (Fsp3) is 0.0667. The molecule has 2 heterocycles. The first-order valence-electron chi connectivity index (χ1n) is 5.57. The van der Waals surface area contributed by atoms with Crippen molar-refractivity contribution >= 4 is 17.1 Å². The zero-order valence-electron chi connectivity index (χ0n) is 9.52. The summed E-state index contributed by atoms with van der Waals surface area (Å²) in [6.07, 6.45) is 4.22. The molecule has 0 radical (unpaired) electrons. The van der Waals surface area contributed by atoms with Crippen LogP contribution in [0.1, 0.15) is 5.56 Å². The maximum atomic E-state index is 5.89. The van der Waals surface area contributed by atoms with E-state index in [0.717, 1.165) is 5.02 Å². The SMILES string of the molecule is Cc1ccn2cc(-c3ccc(Cl)cc3)cc2c1. The van der Waals surface area contributed by atoms with Crippen LogP contribution in [0.25, 0.3) is 16.6 Å². The summed E-state index contributed by atoms with van der Waals surface area (Å²) in [5.74, 6) is 0. The lowest BCUT2D eigenvalue weighted by Gasteiger charge is -1.96. The Balaban J connectivity index is 2.14. The first-order valence-corrected chi connectivity index (χ1v) is 5.94.